The maximum absolute atomic E-state index is 12.0. The second-order valence-electron chi connectivity index (χ2n) is 4.78. The Morgan fingerprint density at radius 2 is 2.12 bits per heavy atom. The smallest absolute Gasteiger partial charge is 0.236 e. The van der Waals surface area contributed by atoms with Gasteiger partial charge in [-0.15, -0.1) is 10.2 Å². The van der Waals surface area contributed by atoms with Crippen LogP contribution in [0.1, 0.15) is 0 Å². The van der Waals surface area contributed by atoms with Gasteiger partial charge in [0.05, 0.1) is 5.75 Å². The number of aromatic nitrogens is 5. The average Bonchev–Trinajstić information content (AvgIpc) is 2.97. The van der Waals surface area contributed by atoms with Gasteiger partial charge in [0.2, 0.25) is 5.91 Å². The summed E-state index contributed by atoms with van der Waals surface area (Å²) in [5.74, 6) is 1.23. The van der Waals surface area contributed by atoms with Crippen molar-refractivity contribution in [3.8, 4) is 11.5 Å². The molecule has 24 heavy (non-hydrogen) atoms. The highest BCUT2D eigenvalue weighted by Crippen LogP contribution is 2.21. The first-order chi connectivity index (χ1) is 11.6. The van der Waals surface area contributed by atoms with Crippen LogP contribution in [0.4, 0.5) is 5.82 Å². The molecule has 7 nitrogen and oxygen atoms in total. The summed E-state index contributed by atoms with van der Waals surface area (Å²) in [5.41, 5.74) is 0.739. The van der Waals surface area contributed by atoms with E-state index in [1.54, 1.807) is 18.5 Å². The van der Waals surface area contributed by atoms with Gasteiger partial charge < -0.3 is 9.88 Å². The fourth-order valence-corrected chi connectivity index (χ4v) is 2.86. The maximum Gasteiger partial charge on any atom is 0.236 e. The van der Waals surface area contributed by atoms with Gasteiger partial charge in [-0.25, -0.2) is 4.98 Å². The van der Waals surface area contributed by atoms with Crippen LogP contribution in [0.2, 0.25) is 0 Å². The number of anilines is 1. The molecule has 3 heterocycles. The Morgan fingerprint density at radius 1 is 1.25 bits per heavy atom. The van der Waals surface area contributed by atoms with Crippen molar-refractivity contribution in [3.05, 3.63) is 47.2 Å². The average molecular weight is 405 g/mol. The molecule has 0 saturated carbocycles. The minimum Gasteiger partial charge on any atom is -0.310 e. The lowest BCUT2D eigenvalue weighted by molar-refractivity contribution is -0.113. The number of amides is 1. The molecular weight excluding hydrogens is 392 g/mol. The third-order valence-corrected chi connectivity index (χ3v) is 4.55. The number of pyridine rings is 2. The molecule has 3 aromatic heterocycles. The van der Waals surface area contributed by atoms with Gasteiger partial charge in [0.25, 0.3) is 0 Å². The van der Waals surface area contributed by atoms with Crippen LogP contribution in [0.25, 0.3) is 11.5 Å². The van der Waals surface area contributed by atoms with Crippen molar-refractivity contribution in [1.82, 2.24) is 24.7 Å². The van der Waals surface area contributed by atoms with E-state index in [0.29, 0.717) is 16.8 Å². The number of thioether (sulfide) groups is 1. The number of rotatable bonds is 5. The molecule has 0 atom stereocenters. The predicted molar refractivity (Wildman–Crippen MR) is 95.5 cm³/mol. The zero-order valence-corrected chi connectivity index (χ0v) is 15.1. The summed E-state index contributed by atoms with van der Waals surface area (Å²) in [5, 5.41) is 11.6. The van der Waals surface area contributed by atoms with Crippen LogP contribution >= 0.6 is 27.7 Å². The number of hydrogen-bond donors (Lipinski definition) is 1. The molecule has 0 aromatic carbocycles. The first-order valence-corrected chi connectivity index (χ1v) is 8.76. The van der Waals surface area contributed by atoms with E-state index in [4.69, 9.17) is 0 Å². The molecule has 0 aliphatic heterocycles. The Balaban J connectivity index is 1.62. The van der Waals surface area contributed by atoms with E-state index >= 15 is 0 Å². The van der Waals surface area contributed by atoms with Crippen molar-refractivity contribution in [2.24, 2.45) is 7.05 Å². The van der Waals surface area contributed by atoms with E-state index in [2.05, 4.69) is 41.4 Å². The Kier molecular flexibility index (Phi) is 5.21. The van der Waals surface area contributed by atoms with Crippen molar-refractivity contribution in [1.29, 1.82) is 0 Å². The number of carbonyl (C=O) groups excluding carboxylic acids is 1. The number of carbonyl (C=O) groups is 1. The normalized spacial score (nSPS) is 10.6. The molecule has 0 unspecified atom stereocenters. The van der Waals surface area contributed by atoms with Crippen molar-refractivity contribution < 1.29 is 4.79 Å². The van der Waals surface area contributed by atoms with Crippen molar-refractivity contribution in [2.45, 2.75) is 5.16 Å². The third-order valence-electron chi connectivity index (χ3n) is 3.06. The van der Waals surface area contributed by atoms with Crippen LogP contribution < -0.4 is 5.32 Å². The number of nitrogens with one attached hydrogen (secondary N) is 1. The lowest BCUT2D eigenvalue weighted by Gasteiger charge is -2.05. The Morgan fingerprint density at radius 3 is 2.83 bits per heavy atom. The predicted octanol–water partition coefficient (Wildman–Crippen LogP) is 2.77. The quantitative estimate of drug-likeness (QED) is 0.657. The molecular formula is C15H13BrN6OS. The summed E-state index contributed by atoms with van der Waals surface area (Å²) in [4.78, 5) is 20.4. The van der Waals surface area contributed by atoms with Crippen LogP contribution in [0.15, 0.2) is 52.4 Å². The van der Waals surface area contributed by atoms with Gasteiger partial charge in [0.15, 0.2) is 11.0 Å². The molecule has 0 fully saturated rings. The summed E-state index contributed by atoms with van der Waals surface area (Å²) >= 11 is 4.61. The molecule has 1 amide bonds. The van der Waals surface area contributed by atoms with E-state index in [-0.39, 0.29) is 11.7 Å². The largest absolute Gasteiger partial charge is 0.310 e. The monoisotopic (exact) mass is 404 g/mol. The summed E-state index contributed by atoms with van der Waals surface area (Å²) in [6.07, 6.45) is 3.33. The van der Waals surface area contributed by atoms with Gasteiger partial charge in [-0.2, -0.15) is 0 Å². The molecule has 0 aliphatic rings. The highest BCUT2D eigenvalue weighted by molar-refractivity contribution is 9.10. The molecule has 0 bridgehead atoms. The molecule has 0 radical (unpaired) electrons. The molecule has 9 heteroatoms. The fourth-order valence-electron chi connectivity index (χ4n) is 1.92. The number of nitrogens with zero attached hydrogens (tertiary/aromatic N) is 5. The molecule has 1 N–H and O–H groups in total. The van der Waals surface area contributed by atoms with Gasteiger partial charge in [0, 0.05) is 23.9 Å². The van der Waals surface area contributed by atoms with Gasteiger partial charge >= 0.3 is 0 Å². The minimum absolute atomic E-state index is 0.155. The SMILES string of the molecule is Cn1c(SCC(=O)Nc2ccc(Br)cn2)nnc1-c1ccccn1. The van der Waals surface area contributed by atoms with Crippen LogP contribution in [-0.4, -0.2) is 36.4 Å². The van der Waals surface area contributed by atoms with E-state index in [0.717, 1.165) is 10.2 Å². The van der Waals surface area contributed by atoms with Crippen molar-refractivity contribution in [3.63, 3.8) is 0 Å². The van der Waals surface area contributed by atoms with Crippen LogP contribution in [0.3, 0.4) is 0 Å². The molecule has 0 saturated heterocycles. The summed E-state index contributed by atoms with van der Waals surface area (Å²) in [6.45, 7) is 0. The van der Waals surface area contributed by atoms with Crippen LogP contribution in [0.5, 0.6) is 0 Å². The fraction of sp³-hybridized carbons (Fsp3) is 0.133. The number of hydrogen-bond acceptors (Lipinski definition) is 6. The van der Waals surface area contributed by atoms with Gasteiger partial charge in [-0.3, -0.25) is 9.78 Å². The third kappa shape index (κ3) is 3.98. The first-order valence-electron chi connectivity index (χ1n) is 6.98. The zero-order valence-electron chi connectivity index (χ0n) is 12.7. The Labute approximate surface area is 151 Å². The van der Waals surface area contributed by atoms with Crippen LogP contribution in [-0.2, 0) is 11.8 Å². The van der Waals surface area contributed by atoms with Crippen molar-refractivity contribution >= 4 is 39.4 Å². The number of halogens is 1. The van der Waals surface area contributed by atoms with Crippen LogP contribution in [0, 0.1) is 0 Å². The lowest BCUT2D eigenvalue weighted by Crippen LogP contribution is -2.15. The molecule has 122 valence electrons. The lowest BCUT2D eigenvalue weighted by atomic mass is 10.3. The van der Waals surface area contributed by atoms with Crippen molar-refractivity contribution in [2.75, 3.05) is 11.1 Å². The topological polar surface area (TPSA) is 85.6 Å². The minimum atomic E-state index is -0.155. The van der Waals surface area contributed by atoms with E-state index in [1.807, 2.05) is 35.9 Å². The molecule has 0 spiro atoms. The summed E-state index contributed by atoms with van der Waals surface area (Å²) in [7, 11) is 1.85. The first kappa shape index (κ1) is 16.6. The van der Waals surface area contributed by atoms with Gasteiger partial charge in [-0.1, -0.05) is 17.8 Å². The molecule has 0 aliphatic carbocycles. The maximum atomic E-state index is 12.0. The van der Waals surface area contributed by atoms with E-state index < -0.39 is 0 Å². The van der Waals surface area contributed by atoms with E-state index in [9.17, 15) is 4.79 Å². The second-order valence-corrected chi connectivity index (χ2v) is 6.64. The Bertz CT molecular complexity index is 837. The zero-order chi connectivity index (χ0) is 16.9. The van der Waals surface area contributed by atoms with Gasteiger partial charge in [-0.05, 0) is 40.2 Å². The molecule has 3 aromatic rings. The Hall–Kier alpha value is -2.26. The summed E-state index contributed by atoms with van der Waals surface area (Å²) < 4.78 is 2.68. The highest BCUT2D eigenvalue weighted by atomic mass is 79.9. The second kappa shape index (κ2) is 7.54. The summed E-state index contributed by atoms with van der Waals surface area (Å²) in [6, 6.07) is 9.15. The van der Waals surface area contributed by atoms with E-state index in [1.165, 1.54) is 11.8 Å². The molecule has 3 rings (SSSR count). The van der Waals surface area contributed by atoms with Gasteiger partial charge in [0.1, 0.15) is 11.5 Å². The standard InChI is InChI=1S/C15H13BrN6OS/c1-22-14(11-4-2-3-7-17-11)20-21-15(22)24-9-13(23)19-12-6-5-10(16)8-18-12/h2-8H,9H2,1H3,(H,18,19,23). The highest BCUT2D eigenvalue weighted by Gasteiger charge is 2.13.